The fourth-order valence-corrected chi connectivity index (χ4v) is 9.26. The smallest absolute Gasteiger partial charge is 0.264 e. The Labute approximate surface area is 405 Å². The summed E-state index contributed by atoms with van der Waals surface area (Å²) >= 11 is 0. The second-order valence-electron chi connectivity index (χ2n) is 16.1. The number of nitrogens with one attached hydrogen (secondary N) is 1. The third kappa shape index (κ3) is 11.4. The van der Waals surface area contributed by atoms with Crippen LogP contribution in [-0.2, 0) is 33.3 Å². The number of halogens is 2. The number of rotatable bonds is 14. The largest absolute Gasteiger partial charge is 0.488 e. The molecule has 0 aliphatic carbocycles. The van der Waals surface area contributed by atoms with E-state index < -0.39 is 26.0 Å². The first-order valence-corrected chi connectivity index (χ1v) is 24.8. The van der Waals surface area contributed by atoms with Gasteiger partial charge in [-0.3, -0.25) is 4.79 Å². The van der Waals surface area contributed by atoms with E-state index in [1.807, 2.05) is 102 Å². The van der Waals surface area contributed by atoms with Crippen molar-refractivity contribution in [1.29, 1.82) is 0 Å². The quantitative estimate of drug-likeness (QED) is 0.110. The SMILES string of the molecule is Cc1ccc(-c2ccccc2OCc2ccc(F)cc2)n1-c1cccc(S(=O)(=O)NC(=O)c2ccccc2)c1.Cc1ccc(-c2ccccc2OCc2ccc(F)cc2)n1-c1cccc(S(N)(=O)=O)c1. The minimum atomic E-state index is -4.13. The molecular weight excluding hydrogens is 931 g/mol. The molecule has 9 rings (SSSR count). The number of benzene rings is 7. The molecule has 0 bridgehead atoms. The van der Waals surface area contributed by atoms with Gasteiger partial charge < -0.3 is 18.6 Å². The van der Waals surface area contributed by atoms with Gasteiger partial charge in [-0.2, -0.15) is 0 Å². The minimum Gasteiger partial charge on any atom is -0.488 e. The van der Waals surface area contributed by atoms with Gasteiger partial charge in [-0.15, -0.1) is 0 Å². The fraction of sp³-hybridized carbons (Fsp3) is 0.0727. The number of aromatic nitrogens is 2. The number of carbonyl (C=O) groups excluding carboxylic acids is 1. The number of sulfonamides is 2. The van der Waals surface area contributed by atoms with Crippen LogP contribution in [0.3, 0.4) is 0 Å². The Morgan fingerprint density at radius 3 is 1.41 bits per heavy atom. The molecular formula is C55H46F2N4O7S2. The molecule has 0 fully saturated rings. The van der Waals surface area contributed by atoms with Crippen LogP contribution in [0.25, 0.3) is 33.9 Å². The Morgan fingerprint density at radius 1 is 0.514 bits per heavy atom. The lowest BCUT2D eigenvalue weighted by Gasteiger charge is -2.16. The maximum Gasteiger partial charge on any atom is 0.264 e. The van der Waals surface area contributed by atoms with Crippen molar-refractivity contribution in [2.45, 2.75) is 36.9 Å². The fourth-order valence-electron chi connectivity index (χ4n) is 7.69. The summed E-state index contributed by atoms with van der Waals surface area (Å²) in [7, 11) is -7.95. The van der Waals surface area contributed by atoms with Gasteiger partial charge in [0.25, 0.3) is 15.9 Å². The monoisotopic (exact) mass is 976 g/mol. The highest BCUT2D eigenvalue weighted by molar-refractivity contribution is 7.90. The molecule has 0 atom stereocenters. The number of ether oxygens (including phenoxy) is 2. The highest BCUT2D eigenvalue weighted by atomic mass is 32.2. The van der Waals surface area contributed by atoms with Crippen molar-refractivity contribution >= 4 is 26.0 Å². The van der Waals surface area contributed by atoms with Gasteiger partial charge in [0.15, 0.2) is 0 Å². The molecule has 0 saturated heterocycles. The van der Waals surface area contributed by atoms with Crippen LogP contribution in [0.4, 0.5) is 8.78 Å². The summed E-state index contributed by atoms with van der Waals surface area (Å²) in [6, 6.07) is 56.3. The van der Waals surface area contributed by atoms with E-state index in [0.29, 0.717) is 22.9 Å². The zero-order valence-corrected chi connectivity index (χ0v) is 39.5. The Bertz CT molecular complexity index is 3520. The standard InChI is InChI=1S/C31H25FN2O4S.C24H21FN2O3S/c1-22-14-19-29(28-12-5-6-13-30(28)38-21-23-15-17-25(32)18-16-23)34(22)26-10-7-11-27(20-26)39(36,37)33-31(35)24-8-3-2-4-9-24;1-17-9-14-23(27(17)20-5-4-6-21(15-20)31(26,28)29)22-7-2-3-8-24(22)30-16-18-10-12-19(25)13-11-18/h2-20H,21H2,1H3,(H,33,35);2-15H,16H2,1H3,(H2,26,28,29). The van der Waals surface area contributed by atoms with E-state index in [-0.39, 0.29) is 40.2 Å². The number of primary sulfonamides is 1. The molecule has 9 aromatic rings. The second-order valence-corrected chi connectivity index (χ2v) is 19.3. The van der Waals surface area contributed by atoms with E-state index in [9.17, 15) is 30.4 Å². The van der Waals surface area contributed by atoms with E-state index in [4.69, 9.17) is 14.6 Å². The number of nitrogens with two attached hydrogens (primary N) is 1. The van der Waals surface area contributed by atoms with Crippen LogP contribution < -0.4 is 19.3 Å². The van der Waals surface area contributed by atoms with Crippen LogP contribution in [0, 0.1) is 25.5 Å². The number of aryl methyl sites for hydroxylation is 2. The summed E-state index contributed by atoms with van der Waals surface area (Å²) in [4.78, 5) is 12.5. The molecule has 7 aromatic carbocycles. The van der Waals surface area contributed by atoms with Crippen molar-refractivity contribution in [3.05, 3.63) is 240 Å². The highest BCUT2D eigenvalue weighted by Gasteiger charge is 2.22. The molecule has 0 radical (unpaired) electrons. The van der Waals surface area contributed by atoms with E-state index in [1.165, 1.54) is 42.5 Å². The third-order valence-electron chi connectivity index (χ3n) is 11.1. The number of amides is 1. The maximum atomic E-state index is 13.3. The van der Waals surface area contributed by atoms with Crippen LogP contribution in [0.15, 0.2) is 210 Å². The predicted molar refractivity (Wildman–Crippen MR) is 266 cm³/mol. The number of para-hydroxylation sites is 2. The summed E-state index contributed by atoms with van der Waals surface area (Å²) < 4.78 is 94.4. The van der Waals surface area contributed by atoms with Crippen molar-refractivity contribution in [3.8, 4) is 45.4 Å². The van der Waals surface area contributed by atoms with Crippen LogP contribution >= 0.6 is 0 Å². The van der Waals surface area contributed by atoms with Crippen LogP contribution in [-0.4, -0.2) is 31.9 Å². The van der Waals surface area contributed by atoms with Crippen molar-refractivity contribution in [3.63, 3.8) is 0 Å². The topological polar surface area (TPSA) is 152 Å². The third-order valence-corrected chi connectivity index (χ3v) is 13.4. The summed E-state index contributed by atoms with van der Waals surface area (Å²) in [6.07, 6.45) is 0. The zero-order valence-electron chi connectivity index (χ0n) is 37.9. The van der Waals surface area contributed by atoms with Gasteiger partial charge in [0, 0.05) is 39.5 Å². The van der Waals surface area contributed by atoms with Crippen molar-refractivity contribution < 1.29 is 39.9 Å². The Kier molecular flexibility index (Phi) is 14.5. The highest BCUT2D eigenvalue weighted by Crippen LogP contribution is 2.36. The van der Waals surface area contributed by atoms with E-state index >= 15 is 0 Å². The van der Waals surface area contributed by atoms with Crippen molar-refractivity contribution in [2.75, 3.05) is 0 Å². The first-order chi connectivity index (χ1) is 33.6. The molecule has 2 aromatic heterocycles. The van der Waals surface area contributed by atoms with E-state index in [1.54, 1.807) is 78.9 Å². The van der Waals surface area contributed by atoms with Crippen molar-refractivity contribution in [1.82, 2.24) is 13.9 Å². The van der Waals surface area contributed by atoms with Crippen LogP contribution in [0.5, 0.6) is 11.5 Å². The van der Waals surface area contributed by atoms with Gasteiger partial charge >= 0.3 is 0 Å². The summed E-state index contributed by atoms with van der Waals surface area (Å²) in [5.74, 6) is -0.0181. The van der Waals surface area contributed by atoms with Gasteiger partial charge in [-0.05, 0) is 146 Å². The summed E-state index contributed by atoms with van der Waals surface area (Å²) in [6.45, 7) is 4.41. The average Bonchev–Trinajstić information content (AvgIpc) is 3.95. The van der Waals surface area contributed by atoms with Gasteiger partial charge in [-0.25, -0.2) is 35.5 Å². The van der Waals surface area contributed by atoms with Gasteiger partial charge in [0.2, 0.25) is 10.0 Å². The van der Waals surface area contributed by atoms with Gasteiger partial charge in [0.05, 0.1) is 21.2 Å². The first-order valence-electron chi connectivity index (χ1n) is 21.8. The minimum absolute atomic E-state index is 0.0378. The van der Waals surface area contributed by atoms with Gasteiger partial charge in [0.1, 0.15) is 36.3 Å². The number of hydrogen-bond donors (Lipinski definition) is 2. The predicted octanol–water partition coefficient (Wildman–Crippen LogP) is 11.1. The molecule has 0 aliphatic heterocycles. The Morgan fingerprint density at radius 2 is 0.943 bits per heavy atom. The second kappa shape index (κ2) is 21.0. The zero-order chi connectivity index (χ0) is 49.4. The molecule has 11 nitrogen and oxygen atoms in total. The average molecular weight is 977 g/mol. The first kappa shape index (κ1) is 48.4. The Balaban J connectivity index is 0.000000193. The van der Waals surface area contributed by atoms with Crippen molar-refractivity contribution in [2.24, 2.45) is 5.14 Å². The molecule has 1 amide bonds. The number of hydrogen-bond acceptors (Lipinski definition) is 7. The normalized spacial score (nSPS) is 11.3. The molecule has 0 aliphatic rings. The molecule has 354 valence electrons. The molecule has 2 heterocycles. The van der Waals surface area contributed by atoms with Crippen LogP contribution in [0.2, 0.25) is 0 Å². The summed E-state index contributed by atoms with van der Waals surface area (Å²) in [5, 5.41) is 5.31. The molecule has 0 saturated carbocycles. The van der Waals surface area contributed by atoms with E-state index in [0.717, 1.165) is 45.0 Å². The van der Waals surface area contributed by atoms with Gasteiger partial charge in [-0.1, -0.05) is 78.9 Å². The summed E-state index contributed by atoms with van der Waals surface area (Å²) in [5.41, 5.74) is 8.31. The molecule has 0 spiro atoms. The molecule has 3 N–H and O–H groups in total. The molecule has 70 heavy (non-hydrogen) atoms. The lowest BCUT2D eigenvalue weighted by molar-refractivity contribution is 0.0981. The van der Waals surface area contributed by atoms with Crippen LogP contribution in [0.1, 0.15) is 32.9 Å². The van der Waals surface area contributed by atoms with E-state index in [2.05, 4.69) is 4.72 Å². The number of nitrogens with zero attached hydrogens (tertiary/aromatic N) is 2. The maximum absolute atomic E-state index is 13.3. The molecule has 15 heteroatoms. The lowest BCUT2D eigenvalue weighted by Crippen LogP contribution is -2.30. The molecule has 0 unspecified atom stereocenters. The number of carbonyl (C=O) groups is 1. The lowest BCUT2D eigenvalue weighted by atomic mass is 10.1. The Hall–Kier alpha value is -8.11.